The summed E-state index contributed by atoms with van der Waals surface area (Å²) in [5.74, 6) is 1.41. The van der Waals surface area contributed by atoms with Crippen LogP contribution in [0.15, 0.2) is 47.4 Å². The maximum absolute atomic E-state index is 12.5. The Balaban J connectivity index is 1.89. The minimum atomic E-state index is -3.83. The standard InChI is InChI=1S/C21H28N2O6S/c1-5-29-17-7-9-18(10-8-17)30(25,26)23-15(2)21(24)22-13-12-16-6-11-19(27-3)20(14-16)28-4/h6-11,14-15,23H,5,12-13H2,1-4H3,(H,22,24)/t15-/m0/s1. The van der Waals surface area contributed by atoms with Gasteiger partial charge < -0.3 is 19.5 Å². The molecule has 8 nitrogen and oxygen atoms in total. The Bertz CT molecular complexity index is 944. The second-order valence-corrected chi connectivity index (χ2v) is 8.19. The molecule has 30 heavy (non-hydrogen) atoms. The summed E-state index contributed by atoms with van der Waals surface area (Å²) in [6.45, 7) is 4.18. The Hall–Kier alpha value is -2.78. The van der Waals surface area contributed by atoms with Crippen LogP contribution in [0.3, 0.4) is 0 Å². The summed E-state index contributed by atoms with van der Waals surface area (Å²) in [4.78, 5) is 12.4. The molecule has 1 amide bonds. The molecule has 0 aliphatic heterocycles. The molecule has 0 saturated heterocycles. The number of hydrogen-bond donors (Lipinski definition) is 2. The number of hydrogen-bond acceptors (Lipinski definition) is 6. The second-order valence-electron chi connectivity index (χ2n) is 6.48. The number of nitrogens with one attached hydrogen (secondary N) is 2. The van der Waals surface area contributed by atoms with Crippen molar-refractivity contribution in [3.05, 3.63) is 48.0 Å². The molecular formula is C21H28N2O6S. The van der Waals surface area contributed by atoms with Crippen molar-refractivity contribution < 1.29 is 27.4 Å². The number of carbonyl (C=O) groups excluding carboxylic acids is 1. The number of carbonyl (C=O) groups is 1. The third-order valence-corrected chi connectivity index (χ3v) is 5.89. The van der Waals surface area contributed by atoms with Gasteiger partial charge in [0.15, 0.2) is 11.5 Å². The van der Waals surface area contributed by atoms with Gasteiger partial charge in [-0.25, -0.2) is 8.42 Å². The first-order chi connectivity index (χ1) is 14.3. The lowest BCUT2D eigenvalue weighted by Gasteiger charge is -2.15. The monoisotopic (exact) mass is 436 g/mol. The molecule has 0 saturated carbocycles. The molecule has 2 aromatic rings. The van der Waals surface area contributed by atoms with Gasteiger partial charge in [0.2, 0.25) is 15.9 Å². The highest BCUT2D eigenvalue weighted by atomic mass is 32.2. The van der Waals surface area contributed by atoms with Gasteiger partial charge in [-0.1, -0.05) is 6.07 Å². The van der Waals surface area contributed by atoms with Crippen LogP contribution in [0.5, 0.6) is 17.2 Å². The lowest BCUT2D eigenvalue weighted by molar-refractivity contribution is -0.122. The van der Waals surface area contributed by atoms with E-state index in [9.17, 15) is 13.2 Å². The van der Waals surface area contributed by atoms with Crippen molar-refractivity contribution in [1.82, 2.24) is 10.0 Å². The molecule has 0 bridgehead atoms. The zero-order valence-electron chi connectivity index (χ0n) is 17.6. The topological polar surface area (TPSA) is 103 Å². The maximum Gasteiger partial charge on any atom is 0.241 e. The second kappa shape index (κ2) is 10.8. The van der Waals surface area contributed by atoms with Gasteiger partial charge in [0.25, 0.3) is 0 Å². The van der Waals surface area contributed by atoms with E-state index >= 15 is 0 Å². The minimum Gasteiger partial charge on any atom is -0.494 e. The maximum atomic E-state index is 12.5. The van der Waals surface area contributed by atoms with Crippen LogP contribution in [0.2, 0.25) is 0 Å². The number of benzene rings is 2. The minimum absolute atomic E-state index is 0.0657. The molecule has 164 valence electrons. The molecule has 0 radical (unpaired) electrons. The molecule has 0 aromatic heterocycles. The van der Waals surface area contributed by atoms with Crippen molar-refractivity contribution in [3.63, 3.8) is 0 Å². The van der Waals surface area contributed by atoms with Gasteiger partial charge in [-0.05, 0) is 62.2 Å². The molecule has 0 aliphatic carbocycles. The molecule has 0 fully saturated rings. The first kappa shape index (κ1) is 23.5. The van der Waals surface area contributed by atoms with Crippen LogP contribution >= 0.6 is 0 Å². The first-order valence-electron chi connectivity index (χ1n) is 9.54. The molecule has 2 N–H and O–H groups in total. The SMILES string of the molecule is CCOc1ccc(S(=O)(=O)N[C@@H](C)C(=O)NCCc2ccc(OC)c(OC)c2)cc1. The molecule has 9 heteroatoms. The van der Waals surface area contributed by atoms with E-state index in [1.807, 2.05) is 19.1 Å². The lowest BCUT2D eigenvalue weighted by atomic mass is 10.1. The van der Waals surface area contributed by atoms with E-state index in [0.717, 1.165) is 5.56 Å². The highest BCUT2D eigenvalue weighted by molar-refractivity contribution is 7.89. The van der Waals surface area contributed by atoms with Crippen molar-refractivity contribution in [1.29, 1.82) is 0 Å². The quantitative estimate of drug-likeness (QED) is 0.559. The molecule has 0 heterocycles. The number of sulfonamides is 1. The number of ether oxygens (including phenoxy) is 3. The Kier molecular flexibility index (Phi) is 8.49. The van der Waals surface area contributed by atoms with Crippen molar-refractivity contribution in [2.24, 2.45) is 0 Å². The van der Waals surface area contributed by atoms with Crippen molar-refractivity contribution in [3.8, 4) is 17.2 Å². The van der Waals surface area contributed by atoms with Crippen LogP contribution in [-0.4, -0.2) is 47.7 Å². The summed E-state index contributed by atoms with van der Waals surface area (Å²) in [5.41, 5.74) is 0.954. The Morgan fingerprint density at radius 3 is 2.30 bits per heavy atom. The van der Waals surface area contributed by atoms with E-state index in [4.69, 9.17) is 14.2 Å². The molecule has 2 aromatic carbocycles. The van der Waals surface area contributed by atoms with E-state index in [0.29, 0.717) is 36.8 Å². The van der Waals surface area contributed by atoms with E-state index in [-0.39, 0.29) is 4.90 Å². The molecule has 2 rings (SSSR count). The van der Waals surface area contributed by atoms with Crippen molar-refractivity contribution in [2.45, 2.75) is 31.2 Å². The van der Waals surface area contributed by atoms with Gasteiger partial charge in [-0.2, -0.15) is 4.72 Å². The summed E-state index contributed by atoms with van der Waals surface area (Å²) in [6.07, 6.45) is 0.560. The van der Waals surface area contributed by atoms with Crippen molar-refractivity contribution >= 4 is 15.9 Å². The van der Waals surface area contributed by atoms with Crippen LogP contribution in [0.1, 0.15) is 19.4 Å². The number of rotatable bonds is 11. The third kappa shape index (κ3) is 6.36. The molecular weight excluding hydrogens is 408 g/mol. The fraction of sp³-hybridized carbons (Fsp3) is 0.381. The zero-order valence-corrected chi connectivity index (χ0v) is 18.4. The smallest absolute Gasteiger partial charge is 0.241 e. The van der Waals surface area contributed by atoms with E-state index in [2.05, 4.69) is 10.0 Å². The summed E-state index contributed by atoms with van der Waals surface area (Å²) in [5, 5.41) is 2.74. The number of methoxy groups -OCH3 is 2. The predicted molar refractivity (Wildman–Crippen MR) is 114 cm³/mol. The van der Waals surface area contributed by atoms with E-state index in [1.165, 1.54) is 19.1 Å². The van der Waals surface area contributed by atoms with Crippen LogP contribution < -0.4 is 24.2 Å². The summed E-state index contributed by atoms with van der Waals surface area (Å²) in [6, 6.07) is 10.6. The molecule has 0 aliphatic rings. The Morgan fingerprint density at radius 2 is 1.70 bits per heavy atom. The van der Waals surface area contributed by atoms with Gasteiger partial charge in [-0.3, -0.25) is 4.79 Å². The average Bonchev–Trinajstić information content (AvgIpc) is 2.73. The average molecular weight is 437 g/mol. The summed E-state index contributed by atoms with van der Waals surface area (Å²) < 4.78 is 43.1. The molecule has 1 atom stereocenters. The van der Waals surface area contributed by atoms with Gasteiger partial charge >= 0.3 is 0 Å². The van der Waals surface area contributed by atoms with Crippen molar-refractivity contribution in [2.75, 3.05) is 27.4 Å². The Morgan fingerprint density at radius 1 is 1.03 bits per heavy atom. The van der Waals surface area contributed by atoms with E-state index < -0.39 is 22.0 Å². The highest BCUT2D eigenvalue weighted by Crippen LogP contribution is 2.27. The zero-order chi connectivity index (χ0) is 22.1. The summed E-state index contributed by atoms with van der Waals surface area (Å²) >= 11 is 0. The Labute approximate surface area is 177 Å². The highest BCUT2D eigenvalue weighted by Gasteiger charge is 2.22. The van der Waals surface area contributed by atoms with Gasteiger partial charge in [0.1, 0.15) is 5.75 Å². The largest absolute Gasteiger partial charge is 0.494 e. The van der Waals surface area contributed by atoms with Gasteiger partial charge in [0, 0.05) is 6.54 Å². The van der Waals surface area contributed by atoms with Crippen LogP contribution in [0, 0.1) is 0 Å². The van der Waals surface area contributed by atoms with Gasteiger partial charge in [-0.15, -0.1) is 0 Å². The first-order valence-corrected chi connectivity index (χ1v) is 11.0. The fourth-order valence-electron chi connectivity index (χ4n) is 2.76. The summed E-state index contributed by atoms with van der Waals surface area (Å²) in [7, 11) is -0.707. The normalized spacial score (nSPS) is 12.1. The van der Waals surface area contributed by atoms with Crippen LogP contribution in [-0.2, 0) is 21.2 Å². The van der Waals surface area contributed by atoms with Gasteiger partial charge in [0.05, 0.1) is 31.8 Å². The van der Waals surface area contributed by atoms with E-state index in [1.54, 1.807) is 32.4 Å². The number of amides is 1. The predicted octanol–water partition coefficient (Wildman–Crippen LogP) is 2.13. The van der Waals surface area contributed by atoms with Crippen LogP contribution in [0.25, 0.3) is 0 Å². The fourth-order valence-corrected chi connectivity index (χ4v) is 3.96. The van der Waals surface area contributed by atoms with Crippen LogP contribution in [0.4, 0.5) is 0 Å². The third-order valence-electron chi connectivity index (χ3n) is 4.33. The molecule has 0 unspecified atom stereocenters. The lowest BCUT2D eigenvalue weighted by Crippen LogP contribution is -2.45. The molecule has 0 spiro atoms.